The third-order valence-electron chi connectivity index (χ3n) is 3.34. The summed E-state index contributed by atoms with van der Waals surface area (Å²) in [4.78, 5) is 11.8. The van der Waals surface area contributed by atoms with E-state index in [0.717, 1.165) is 16.7 Å². The van der Waals surface area contributed by atoms with Crippen LogP contribution in [0, 0.1) is 13.8 Å². The van der Waals surface area contributed by atoms with Gasteiger partial charge in [0.15, 0.2) is 18.1 Å². The molecule has 6 heteroatoms. The topological polar surface area (TPSA) is 80.2 Å². The van der Waals surface area contributed by atoms with Gasteiger partial charge in [-0.25, -0.2) is 5.43 Å². The SMILES string of the molecule is COc1ccccc1OCC(=O)N/N=C/c1cc(C)c(O)c(C)c1. The average Bonchev–Trinajstić information content (AvgIpc) is 2.58. The van der Waals surface area contributed by atoms with Crippen molar-refractivity contribution in [2.45, 2.75) is 13.8 Å². The third-order valence-corrected chi connectivity index (χ3v) is 3.34. The number of ether oxygens (including phenoxy) is 2. The van der Waals surface area contributed by atoms with Crippen LogP contribution in [-0.4, -0.2) is 30.9 Å². The lowest BCUT2D eigenvalue weighted by Gasteiger charge is -2.09. The number of rotatable bonds is 6. The Labute approximate surface area is 140 Å². The highest BCUT2D eigenvalue weighted by Gasteiger charge is 2.06. The zero-order chi connectivity index (χ0) is 17.5. The molecule has 0 aliphatic heterocycles. The van der Waals surface area contributed by atoms with Crippen LogP contribution in [0.1, 0.15) is 16.7 Å². The predicted octanol–water partition coefficient (Wildman–Crippen LogP) is 2.55. The minimum absolute atomic E-state index is 0.175. The van der Waals surface area contributed by atoms with Crippen molar-refractivity contribution in [1.82, 2.24) is 5.43 Å². The molecule has 0 aliphatic rings. The molecule has 0 heterocycles. The van der Waals surface area contributed by atoms with Crippen LogP contribution < -0.4 is 14.9 Å². The van der Waals surface area contributed by atoms with Crippen LogP contribution in [-0.2, 0) is 4.79 Å². The number of hydrazone groups is 1. The molecule has 0 saturated heterocycles. The van der Waals surface area contributed by atoms with Gasteiger partial charge < -0.3 is 14.6 Å². The van der Waals surface area contributed by atoms with Gasteiger partial charge in [0.05, 0.1) is 13.3 Å². The molecule has 0 saturated carbocycles. The molecule has 2 aromatic carbocycles. The molecule has 0 atom stereocenters. The van der Waals surface area contributed by atoms with E-state index in [1.807, 2.05) is 6.07 Å². The van der Waals surface area contributed by atoms with E-state index in [9.17, 15) is 9.90 Å². The van der Waals surface area contributed by atoms with E-state index >= 15 is 0 Å². The molecule has 0 aliphatic carbocycles. The maximum Gasteiger partial charge on any atom is 0.277 e. The van der Waals surface area contributed by atoms with Crippen molar-refractivity contribution in [3.8, 4) is 17.2 Å². The second kappa shape index (κ2) is 8.01. The van der Waals surface area contributed by atoms with Crippen molar-refractivity contribution in [2.75, 3.05) is 13.7 Å². The first kappa shape index (κ1) is 17.3. The minimum atomic E-state index is -0.385. The molecule has 126 valence electrons. The number of methoxy groups -OCH3 is 1. The fourth-order valence-corrected chi connectivity index (χ4v) is 2.16. The summed E-state index contributed by atoms with van der Waals surface area (Å²) in [5.74, 6) is 0.929. The molecule has 6 nitrogen and oxygen atoms in total. The number of nitrogens with one attached hydrogen (secondary N) is 1. The Hall–Kier alpha value is -3.02. The van der Waals surface area contributed by atoms with Gasteiger partial charge in [-0.1, -0.05) is 12.1 Å². The van der Waals surface area contributed by atoms with Gasteiger partial charge in [-0.15, -0.1) is 0 Å². The van der Waals surface area contributed by atoms with Gasteiger partial charge in [0, 0.05) is 0 Å². The number of phenolic OH excluding ortho intramolecular Hbond substituents is 1. The third kappa shape index (κ3) is 4.49. The molecule has 1 amide bonds. The number of hydrogen-bond donors (Lipinski definition) is 2. The summed E-state index contributed by atoms with van der Waals surface area (Å²) in [5.41, 5.74) is 4.68. The first-order valence-electron chi connectivity index (χ1n) is 7.39. The van der Waals surface area contributed by atoms with E-state index < -0.39 is 0 Å². The number of para-hydroxylation sites is 2. The van der Waals surface area contributed by atoms with E-state index in [2.05, 4.69) is 10.5 Å². The van der Waals surface area contributed by atoms with E-state index in [1.54, 1.807) is 44.2 Å². The first-order valence-corrected chi connectivity index (χ1v) is 7.39. The number of benzene rings is 2. The molecule has 2 N–H and O–H groups in total. The van der Waals surface area contributed by atoms with Crippen molar-refractivity contribution in [3.05, 3.63) is 53.1 Å². The summed E-state index contributed by atoms with van der Waals surface area (Å²) >= 11 is 0. The number of hydrogen-bond acceptors (Lipinski definition) is 5. The van der Waals surface area contributed by atoms with Gasteiger partial charge in [-0.2, -0.15) is 5.10 Å². The normalized spacial score (nSPS) is 10.6. The lowest BCUT2D eigenvalue weighted by atomic mass is 10.1. The van der Waals surface area contributed by atoms with E-state index in [-0.39, 0.29) is 18.3 Å². The molecule has 2 aromatic rings. The van der Waals surface area contributed by atoms with Gasteiger partial charge in [0.2, 0.25) is 0 Å². The predicted molar refractivity (Wildman–Crippen MR) is 91.8 cm³/mol. The molecule has 2 rings (SSSR count). The number of nitrogens with zero attached hydrogens (tertiary/aromatic N) is 1. The number of aryl methyl sites for hydroxylation is 2. The Balaban J connectivity index is 1.89. The maximum atomic E-state index is 11.8. The summed E-state index contributed by atoms with van der Waals surface area (Å²) < 4.78 is 10.5. The Morgan fingerprint density at radius 1 is 1.21 bits per heavy atom. The molecule has 24 heavy (non-hydrogen) atoms. The number of amides is 1. The molecule has 0 unspecified atom stereocenters. The fraction of sp³-hybridized carbons (Fsp3) is 0.222. The van der Waals surface area contributed by atoms with Gasteiger partial charge in [-0.05, 0) is 54.8 Å². The summed E-state index contributed by atoms with van der Waals surface area (Å²) in [6, 6.07) is 10.6. The van der Waals surface area contributed by atoms with Gasteiger partial charge in [-0.3, -0.25) is 4.79 Å². The Bertz CT molecular complexity index is 733. The highest BCUT2D eigenvalue weighted by molar-refractivity contribution is 5.83. The Kier molecular flexibility index (Phi) is 5.78. The largest absolute Gasteiger partial charge is 0.507 e. The van der Waals surface area contributed by atoms with E-state index in [0.29, 0.717) is 11.5 Å². The van der Waals surface area contributed by atoms with Crippen LogP contribution in [0.3, 0.4) is 0 Å². The average molecular weight is 328 g/mol. The second-order valence-corrected chi connectivity index (χ2v) is 5.24. The van der Waals surface area contributed by atoms with Crippen molar-refractivity contribution >= 4 is 12.1 Å². The zero-order valence-corrected chi connectivity index (χ0v) is 13.9. The second-order valence-electron chi connectivity index (χ2n) is 5.24. The van der Waals surface area contributed by atoms with E-state index in [1.165, 1.54) is 13.3 Å². The van der Waals surface area contributed by atoms with Gasteiger partial charge in [0.25, 0.3) is 5.91 Å². The zero-order valence-electron chi connectivity index (χ0n) is 13.9. The molecule has 0 aromatic heterocycles. The summed E-state index contributed by atoms with van der Waals surface area (Å²) in [7, 11) is 1.54. The van der Waals surface area contributed by atoms with Crippen LogP contribution in [0.25, 0.3) is 0 Å². The van der Waals surface area contributed by atoms with Crippen LogP contribution in [0.4, 0.5) is 0 Å². The number of aromatic hydroxyl groups is 1. The van der Waals surface area contributed by atoms with Gasteiger partial charge >= 0.3 is 0 Å². The van der Waals surface area contributed by atoms with Crippen LogP contribution in [0.2, 0.25) is 0 Å². The fourth-order valence-electron chi connectivity index (χ4n) is 2.16. The molecular formula is C18H20N2O4. The number of carbonyl (C=O) groups excluding carboxylic acids is 1. The highest BCUT2D eigenvalue weighted by Crippen LogP contribution is 2.25. The number of phenols is 1. The lowest BCUT2D eigenvalue weighted by Crippen LogP contribution is -2.24. The van der Waals surface area contributed by atoms with Crippen molar-refractivity contribution < 1.29 is 19.4 Å². The molecular weight excluding hydrogens is 308 g/mol. The molecule has 0 radical (unpaired) electrons. The number of carbonyl (C=O) groups is 1. The summed E-state index contributed by atoms with van der Waals surface area (Å²) in [6.45, 7) is 3.43. The Morgan fingerprint density at radius 3 is 2.46 bits per heavy atom. The molecule has 0 fully saturated rings. The quantitative estimate of drug-likeness (QED) is 0.631. The van der Waals surface area contributed by atoms with Crippen LogP contribution in [0.5, 0.6) is 17.2 Å². The first-order chi connectivity index (χ1) is 11.5. The maximum absolute atomic E-state index is 11.8. The molecule has 0 spiro atoms. The van der Waals surface area contributed by atoms with Crippen molar-refractivity contribution in [1.29, 1.82) is 0 Å². The minimum Gasteiger partial charge on any atom is -0.507 e. The lowest BCUT2D eigenvalue weighted by molar-refractivity contribution is -0.123. The Morgan fingerprint density at radius 2 is 1.83 bits per heavy atom. The smallest absolute Gasteiger partial charge is 0.277 e. The molecule has 0 bridgehead atoms. The van der Waals surface area contributed by atoms with Crippen LogP contribution in [0.15, 0.2) is 41.5 Å². The monoisotopic (exact) mass is 328 g/mol. The van der Waals surface area contributed by atoms with Crippen molar-refractivity contribution in [3.63, 3.8) is 0 Å². The van der Waals surface area contributed by atoms with Crippen molar-refractivity contribution in [2.24, 2.45) is 5.10 Å². The summed E-state index contributed by atoms with van der Waals surface area (Å²) in [6.07, 6.45) is 1.51. The highest BCUT2D eigenvalue weighted by atomic mass is 16.5. The van der Waals surface area contributed by atoms with Gasteiger partial charge in [0.1, 0.15) is 5.75 Å². The van der Waals surface area contributed by atoms with E-state index in [4.69, 9.17) is 9.47 Å². The standard InChI is InChI=1S/C18H20N2O4/c1-12-8-14(9-13(2)18(12)22)10-19-20-17(21)11-24-16-7-5-4-6-15(16)23-3/h4-10,22H,11H2,1-3H3,(H,20,21)/b19-10+. The van der Waals surface area contributed by atoms with Crippen LogP contribution >= 0.6 is 0 Å². The summed E-state index contributed by atoms with van der Waals surface area (Å²) in [5, 5.41) is 13.6.